The van der Waals surface area contributed by atoms with Crippen molar-refractivity contribution in [1.29, 1.82) is 0 Å². The van der Waals surface area contributed by atoms with Gasteiger partial charge >= 0.3 is 0 Å². The van der Waals surface area contributed by atoms with E-state index in [1.165, 1.54) is 11.3 Å². The third-order valence-electron chi connectivity index (χ3n) is 3.66. The second-order valence-electron chi connectivity index (χ2n) is 6.40. The fourth-order valence-corrected chi connectivity index (χ4v) is 3.54. The molecule has 1 aromatic heterocycles. The van der Waals surface area contributed by atoms with Crippen LogP contribution in [-0.4, -0.2) is 35.3 Å². The van der Waals surface area contributed by atoms with E-state index in [2.05, 4.69) is 10.3 Å². The van der Waals surface area contributed by atoms with E-state index in [4.69, 9.17) is 0 Å². The Labute approximate surface area is 129 Å². The minimum atomic E-state index is -0.392. The number of hydrogen-bond donors (Lipinski definition) is 1. The summed E-state index contributed by atoms with van der Waals surface area (Å²) in [5, 5.41) is 3.47. The number of carbonyl (C=O) groups is 2. The first-order chi connectivity index (χ1) is 9.84. The van der Waals surface area contributed by atoms with Gasteiger partial charge in [0.25, 0.3) is 5.91 Å². The second-order valence-corrected chi connectivity index (χ2v) is 7.46. The zero-order valence-electron chi connectivity index (χ0n) is 13.1. The van der Waals surface area contributed by atoms with Gasteiger partial charge in [-0.05, 0) is 19.3 Å². The lowest BCUT2D eigenvalue weighted by atomic mass is 9.91. The normalized spacial score (nSPS) is 19.4. The molecule has 1 fully saturated rings. The lowest BCUT2D eigenvalue weighted by molar-refractivity contribution is -0.143. The molecule has 1 aromatic rings. The van der Waals surface area contributed by atoms with Crippen LogP contribution in [0.2, 0.25) is 0 Å². The second kappa shape index (κ2) is 6.13. The number of piperidine rings is 1. The van der Waals surface area contributed by atoms with E-state index in [-0.39, 0.29) is 17.9 Å². The number of carbonyl (C=O) groups excluding carboxylic acids is 2. The lowest BCUT2D eigenvalue weighted by Crippen LogP contribution is -2.44. The molecule has 116 valence electrons. The standard InChI is InChI=1S/C15H23N3O2S/c1-15(2,3)14(20)18-8-6-5-7-10(18)13-17-9-11(21-13)12(19)16-4/h9-10H,5-8H2,1-4H3,(H,16,19)/t10-/m0/s1. The van der Waals surface area contributed by atoms with Crippen LogP contribution in [0.1, 0.15) is 60.8 Å². The molecule has 2 heterocycles. The first-order valence-electron chi connectivity index (χ1n) is 7.33. The van der Waals surface area contributed by atoms with Gasteiger partial charge in [-0.3, -0.25) is 9.59 Å². The summed E-state index contributed by atoms with van der Waals surface area (Å²) in [6.45, 7) is 6.60. The maximum absolute atomic E-state index is 12.6. The third kappa shape index (κ3) is 3.43. The molecule has 0 aromatic carbocycles. The molecule has 1 aliphatic rings. The van der Waals surface area contributed by atoms with Crippen molar-refractivity contribution in [2.75, 3.05) is 13.6 Å². The molecule has 2 rings (SSSR count). The van der Waals surface area contributed by atoms with Crippen LogP contribution in [0, 0.1) is 5.41 Å². The van der Waals surface area contributed by atoms with E-state index in [0.29, 0.717) is 4.88 Å². The Kier molecular flexibility index (Phi) is 4.66. The van der Waals surface area contributed by atoms with Gasteiger partial charge in [0.15, 0.2) is 0 Å². The molecule has 6 heteroatoms. The minimum absolute atomic E-state index is 0.00822. The van der Waals surface area contributed by atoms with Crippen LogP contribution in [0.5, 0.6) is 0 Å². The number of nitrogens with one attached hydrogen (secondary N) is 1. The van der Waals surface area contributed by atoms with Crippen molar-refractivity contribution in [2.24, 2.45) is 5.41 Å². The minimum Gasteiger partial charge on any atom is -0.354 e. The van der Waals surface area contributed by atoms with Crippen molar-refractivity contribution < 1.29 is 9.59 Å². The molecule has 0 saturated carbocycles. The number of aromatic nitrogens is 1. The summed E-state index contributed by atoms with van der Waals surface area (Å²) in [5.74, 6) is 0.0344. The molecule has 1 saturated heterocycles. The molecule has 0 radical (unpaired) electrons. The van der Waals surface area contributed by atoms with E-state index in [1.54, 1.807) is 13.2 Å². The average molecular weight is 309 g/mol. The highest BCUT2D eigenvalue weighted by Crippen LogP contribution is 2.36. The molecule has 2 amide bonds. The van der Waals surface area contributed by atoms with Crippen LogP contribution in [0.3, 0.4) is 0 Å². The van der Waals surface area contributed by atoms with E-state index in [9.17, 15) is 9.59 Å². The topological polar surface area (TPSA) is 62.3 Å². The van der Waals surface area contributed by atoms with Gasteiger partial charge in [0.05, 0.1) is 12.2 Å². The zero-order chi connectivity index (χ0) is 15.6. The Morgan fingerprint density at radius 2 is 2.10 bits per heavy atom. The van der Waals surface area contributed by atoms with Crippen molar-refractivity contribution in [3.63, 3.8) is 0 Å². The van der Waals surface area contributed by atoms with E-state index in [1.807, 2.05) is 25.7 Å². The van der Waals surface area contributed by atoms with Gasteiger partial charge in [-0.25, -0.2) is 4.98 Å². The number of hydrogen-bond acceptors (Lipinski definition) is 4. The summed E-state index contributed by atoms with van der Waals surface area (Å²) >= 11 is 1.39. The van der Waals surface area contributed by atoms with E-state index in [0.717, 1.165) is 30.8 Å². The zero-order valence-corrected chi connectivity index (χ0v) is 13.9. The van der Waals surface area contributed by atoms with Crippen LogP contribution < -0.4 is 5.32 Å². The van der Waals surface area contributed by atoms with Gasteiger partial charge in [-0.2, -0.15) is 0 Å². The third-order valence-corrected chi connectivity index (χ3v) is 4.76. The Hall–Kier alpha value is -1.43. The summed E-state index contributed by atoms with van der Waals surface area (Å²) in [5.41, 5.74) is -0.392. The Morgan fingerprint density at radius 3 is 2.71 bits per heavy atom. The fraction of sp³-hybridized carbons (Fsp3) is 0.667. The predicted octanol–water partition coefficient (Wildman–Crippen LogP) is 2.60. The smallest absolute Gasteiger partial charge is 0.262 e. The molecule has 0 bridgehead atoms. The van der Waals surface area contributed by atoms with Crippen molar-refractivity contribution in [3.8, 4) is 0 Å². The maximum Gasteiger partial charge on any atom is 0.262 e. The highest BCUT2D eigenvalue weighted by molar-refractivity contribution is 7.13. The van der Waals surface area contributed by atoms with E-state index < -0.39 is 5.41 Å². The summed E-state index contributed by atoms with van der Waals surface area (Å²) in [6.07, 6.45) is 4.65. The lowest BCUT2D eigenvalue weighted by Gasteiger charge is -2.38. The van der Waals surface area contributed by atoms with Gasteiger partial charge in [0.1, 0.15) is 9.88 Å². The highest BCUT2D eigenvalue weighted by Gasteiger charge is 2.35. The van der Waals surface area contributed by atoms with Crippen molar-refractivity contribution in [1.82, 2.24) is 15.2 Å². The largest absolute Gasteiger partial charge is 0.354 e. The predicted molar refractivity (Wildman–Crippen MR) is 83.3 cm³/mol. The summed E-state index contributed by atoms with van der Waals surface area (Å²) < 4.78 is 0. The Morgan fingerprint density at radius 1 is 1.38 bits per heavy atom. The monoisotopic (exact) mass is 309 g/mol. The van der Waals surface area contributed by atoms with Gasteiger partial charge in [0.2, 0.25) is 5.91 Å². The first kappa shape index (κ1) is 15.9. The molecule has 1 atom stereocenters. The molecule has 0 unspecified atom stereocenters. The molecule has 0 spiro atoms. The Bertz CT molecular complexity index is 533. The van der Waals surface area contributed by atoms with Crippen LogP contribution in [0.25, 0.3) is 0 Å². The van der Waals surface area contributed by atoms with Gasteiger partial charge < -0.3 is 10.2 Å². The van der Waals surface area contributed by atoms with Gasteiger partial charge in [-0.15, -0.1) is 11.3 Å². The van der Waals surface area contributed by atoms with Crippen LogP contribution in [-0.2, 0) is 4.79 Å². The molecular formula is C15H23N3O2S. The number of likely N-dealkylation sites (tertiary alicyclic amines) is 1. The number of amides is 2. The number of rotatable bonds is 2. The first-order valence-corrected chi connectivity index (χ1v) is 8.15. The van der Waals surface area contributed by atoms with E-state index >= 15 is 0 Å². The SMILES string of the molecule is CNC(=O)c1cnc([C@@H]2CCCCN2C(=O)C(C)(C)C)s1. The maximum atomic E-state index is 12.6. The highest BCUT2D eigenvalue weighted by atomic mass is 32.1. The summed E-state index contributed by atoms with van der Waals surface area (Å²) in [7, 11) is 1.61. The van der Waals surface area contributed by atoms with Crippen LogP contribution in [0.15, 0.2) is 6.20 Å². The van der Waals surface area contributed by atoms with Gasteiger partial charge in [-0.1, -0.05) is 20.8 Å². The molecular weight excluding hydrogens is 286 g/mol. The molecule has 0 aliphatic carbocycles. The quantitative estimate of drug-likeness (QED) is 0.913. The van der Waals surface area contributed by atoms with Crippen LogP contribution in [0.4, 0.5) is 0 Å². The van der Waals surface area contributed by atoms with Crippen molar-refractivity contribution in [2.45, 2.75) is 46.1 Å². The number of nitrogens with zero attached hydrogens (tertiary/aromatic N) is 2. The van der Waals surface area contributed by atoms with Crippen LogP contribution >= 0.6 is 11.3 Å². The summed E-state index contributed by atoms with van der Waals surface area (Å²) in [6, 6.07) is 0.00822. The van der Waals surface area contributed by atoms with Crippen molar-refractivity contribution >= 4 is 23.2 Å². The Balaban J connectivity index is 2.25. The van der Waals surface area contributed by atoms with Crippen molar-refractivity contribution in [3.05, 3.63) is 16.1 Å². The van der Waals surface area contributed by atoms with Gasteiger partial charge in [0, 0.05) is 19.0 Å². The molecule has 5 nitrogen and oxygen atoms in total. The molecule has 21 heavy (non-hydrogen) atoms. The molecule has 1 aliphatic heterocycles. The summed E-state index contributed by atoms with van der Waals surface area (Å²) in [4.78, 5) is 31.2. The fourth-order valence-electron chi connectivity index (χ4n) is 2.53. The average Bonchev–Trinajstić information content (AvgIpc) is 2.94. The molecule has 1 N–H and O–H groups in total. The number of thiazole rings is 1.